The Hall–Kier alpha value is -2.57. The van der Waals surface area contributed by atoms with Gasteiger partial charge in [0.15, 0.2) is 0 Å². The van der Waals surface area contributed by atoms with Gasteiger partial charge >= 0.3 is 12.1 Å². The zero-order chi connectivity index (χ0) is 21.3. The lowest BCUT2D eigenvalue weighted by molar-refractivity contribution is -0.142. The van der Waals surface area contributed by atoms with Crippen molar-refractivity contribution in [2.75, 3.05) is 0 Å². The van der Waals surface area contributed by atoms with Crippen molar-refractivity contribution in [1.29, 1.82) is 0 Å². The van der Waals surface area contributed by atoms with Gasteiger partial charge in [-0.3, -0.25) is 4.79 Å². The van der Waals surface area contributed by atoms with E-state index in [0.29, 0.717) is 19.3 Å². The summed E-state index contributed by atoms with van der Waals surface area (Å²) in [7, 11) is 0. The van der Waals surface area contributed by atoms with E-state index in [1.54, 1.807) is 20.8 Å². The monoisotopic (exact) mass is 392 g/mol. The molecule has 0 fully saturated rings. The summed E-state index contributed by atoms with van der Waals surface area (Å²) >= 11 is 0. The Balaban J connectivity index is 2.85. The van der Waals surface area contributed by atoms with E-state index in [1.807, 2.05) is 44.2 Å². The minimum atomic E-state index is -1.10. The van der Waals surface area contributed by atoms with Crippen molar-refractivity contribution in [3.05, 3.63) is 35.9 Å². The lowest BCUT2D eigenvalue weighted by Crippen LogP contribution is -2.52. The standard InChI is InChI=1S/C21H32N2O5/c1-14(2)13-17(19(25)26)22-18(24)16(23-20(27)28-21(3,4)5)12-11-15-9-7-6-8-10-15/h6-10,14,16-17H,11-13H2,1-5H3,(H,22,24)(H,23,27)(H,25,26)/t16-,17?/m0/s1. The summed E-state index contributed by atoms with van der Waals surface area (Å²) in [5.41, 5.74) is 0.314. The highest BCUT2D eigenvalue weighted by atomic mass is 16.6. The number of carbonyl (C=O) groups is 3. The van der Waals surface area contributed by atoms with Crippen molar-refractivity contribution in [3.63, 3.8) is 0 Å². The van der Waals surface area contributed by atoms with Crippen LogP contribution in [-0.2, 0) is 20.7 Å². The van der Waals surface area contributed by atoms with E-state index < -0.39 is 35.7 Å². The fourth-order valence-corrected chi connectivity index (χ4v) is 2.64. The summed E-state index contributed by atoms with van der Waals surface area (Å²) in [6.45, 7) is 8.96. The molecule has 0 heterocycles. The van der Waals surface area contributed by atoms with E-state index in [1.165, 1.54) is 0 Å². The van der Waals surface area contributed by atoms with Crippen LogP contribution in [0.3, 0.4) is 0 Å². The molecule has 3 N–H and O–H groups in total. The first-order chi connectivity index (χ1) is 13.0. The molecule has 0 bridgehead atoms. The van der Waals surface area contributed by atoms with E-state index in [-0.39, 0.29) is 5.92 Å². The van der Waals surface area contributed by atoms with Gasteiger partial charge in [-0.05, 0) is 51.5 Å². The average molecular weight is 392 g/mol. The van der Waals surface area contributed by atoms with Crippen LogP contribution in [-0.4, -0.2) is 40.8 Å². The molecule has 7 nitrogen and oxygen atoms in total. The maximum absolute atomic E-state index is 12.7. The van der Waals surface area contributed by atoms with Gasteiger partial charge in [-0.2, -0.15) is 0 Å². The molecule has 0 saturated carbocycles. The van der Waals surface area contributed by atoms with Crippen LogP contribution in [0.4, 0.5) is 4.79 Å². The van der Waals surface area contributed by atoms with Crippen molar-refractivity contribution in [1.82, 2.24) is 10.6 Å². The van der Waals surface area contributed by atoms with Crippen molar-refractivity contribution in [2.45, 2.75) is 71.6 Å². The number of rotatable bonds is 9. The predicted molar refractivity (Wildman–Crippen MR) is 107 cm³/mol. The maximum atomic E-state index is 12.7. The Morgan fingerprint density at radius 1 is 1.04 bits per heavy atom. The molecule has 28 heavy (non-hydrogen) atoms. The minimum Gasteiger partial charge on any atom is -0.480 e. The van der Waals surface area contributed by atoms with Crippen molar-refractivity contribution in [2.24, 2.45) is 5.92 Å². The number of alkyl carbamates (subject to hydrolysis) is 1. The molecule has 2 atom stereocenters. The molecule has 1 aromatic rings. The van der Waals surface area contributed by atoms with Gasteiger partial charge in [0.1, 0.15) is 17.7 Å². The maximum Gasteiger partial charge on any atom is 0.408 e. The molecule has 2 amide bonds. The molecule has 0 aromatic heterocycles. The van der Waals surface area contributed by atoms with E-state index in [9.17, 15) is 19.5 Å². The van der Waals surface area contributed by atoms with E-state index in [2.05, 4.69) is 10.6 Å². The first-order valence-electron chi connectivity index (χ1n) is 9.54. The first kappa shape index (κ1) is 23.5. The number of hydrogen-bond donors (Lipinski definition) is 3. The smallest absolute Gasteiger partial charge is 0.408 e. The van der Waals surface area contributed by atoms with Crippen molar-refractivity contribution >= 4 is 18.0 Å². The Kier molecular flexibility index (Phi) is 8.96. The summed E-state index contributed by atoms with van der Waals surface area (Å²) in [5, 5.41) is 14.5. The molecular formula is C21H32N2O5. The summed E-state index contributed by atoms with van der Waals surface area (Å²) in [4.78, 5) is 36.3. The third kappa shape index (κ3) is 9.39. The minimum absolute atomic E-state index is 0.1000. The van der Waals surface area contributed by atoms with E-state index in [0.717, 1.165) is 5.56 Å². The number of aryl methyl sites for hydroxylation is 1. The van der Waals surface area contributed by atoms with Crippen LogP contribution in [0.25, 0.3) is 0 Å². The van der Waals surface area contributed by atoms with Gasteiger partial charge in [-0.25, -0.2) is 9.59 Å². The zero-order valence-electron chi connectivity index (χ0n) is 17.3. The van der Waals surface area contributed by atoms with Gasteiger partial charge in [0.2, 0.25) is 5.91 Å². The molecule has 7 heteroatoms. The summed E-state index contributed by atoms with van der Waals surface area (Å²) in [6.07, 6.45) is 0.468. The van der Waals surface area contributed by atoms with Crippen LogP contribution in [0.2, 0.25) is 0 Å². The summed E-state index contributed by atoms with van der Waals surface area (Å²) in [6, 6.07) is 7.65. The molecule has 0 radical (unpaired) electrons. The number of hydrogen-bond acceptors (Lipinski definition) is 4. The Bertz CT molecular complexity index is 653. The first-order valence-corrected chi connectivity index (χ1v) is 9.54. The topological polar surface area (TPSA) is 105 Å². The number of carbonyl (C=O) groups excluding carboxylic acids is 2. The largest absolute Gasteiger partial charge is 0.480 e. The molecule has 1 unspecified atom stereocenters. The Labute approximate surface area is 166 Å². The highest BCUT2D eigenvalue weighted by Gasteiger charge is 2.28. The number of ether oxygens (including phenoxy) is 1. The number of aliphatic carboxylic acids is 1. The third-order valence-corrected chi connectivity index (χ3v) is 3.89. The van der Waals surface area contributed by atoms with Crippen LogP contribution < -0.4 is 10.6 Å². The normalized spacial score (nSPS) is 13.5. The Morgan fingerprint density at radius 2 is 1.64 bits per heavy atom. The Morgan fingerprint density at radius 3 is 2.14 bits per heavy atom. The average Bonchev–Trinajstić information content (AvgIpc) is 2.56. The van der Waals surface area contributed by atoms with Gasteiger partial charge in [0.25, 0.3) is 0 Å². The molecule has 156 valence electrons. The quantitative estimate of drug-likeness (QED) is 0.599. The molecular weight excluding hydrogens is 360 g/mol. The van der Waals surface area contributed by atoms with Crippen LogP contribution in [0.5, 0.6) is 0 Å². The number of carboxylic acid groups (broad SMARTS) is 1. The molecule has 1 aromatic carbocycles. The SMILES string of the molecule is CC(C)CC(NC(=O)[C@H](CCc1ccccc1)NC(=O)OC(C)(C)C)C(=O)O. The number of nitrogens with one attached hydrogen (secondary N) is 2. The number of amides is 2. The highest BCUT2D eigenvalue weighted by molar-refractivity contribution is 5.89. The molecule has 0 spiro atoms. The second kappa shape index (κ2) is 10.7. The van der Waals surface area contributed by atoms with E-state index in [4.69, 9.17) is 4.74 Å². The van der Waals surface area contributed by atoms with Crippen LogP contribution in [0.1, 0.15) is 53.0 Å². The van der Waals surface area contributed by atoms with Gasteiger partial charge in [0, 0.05) is 0 Å². The van der Waals surface area contributed by atoms with Gasteiger partial charge in [-0.15, -0.1) is 0 Å². The van der Waals surface area contributed by atoms with Crippen molar-refractivity contribution < 1.29 is 24.2 Å². The highest BCUT2D eigenvalue weighted by Crippen LogP contribution is 2.11. The fraction of sp³-hybridized carbons (Fsp3) is 0.571. The molecule has 0 aliphatic rings. The number of benzene rings is 1. The molecule has 0 aliphatic heterocycles. The van der Waals surface area contributed by atoms with E-state index >= 15 is 0 Å². The summed E-state index contributed by atoms with van der Waals surface area (Å²) in [5.74, 6) is -1.53. The number of carboxylic acids is 1. The lowest BCUT2D eigenvalue weighted by atomic mass is 10.0. The van der Waals surface area contributed by atoms with Crippen LogP contribution >= 0.6 is 0 Å². The predicted octanol–water partition coefficient (Wildman–Crippen LogP) is 3.13. The van der Waals surface area contributed by atoms with Crippen LogP contribution in [0.15, 0.2) is 30.3 Å². The molecule has 0 saturated heterocycles. The zero-order valence-corrected chi connectivity index (χ0v) is 17.3. The molecule has 0 aliphatic carbocycles. The second-order valence-electron chi connectivity index (χ2n) is 8.25. The van der Waals surface area contributed by atoms with Crippen LogP contribution in [0, 0.1) is 5.92 Å². The fourth-order valence-electron chi connectivity index (χ4n) is 2.64. The second-order valence-corrected chi connectivity index (χ2v) is 8.25. The molecule has 1 rings (SSSR count). The van der Waals surface area contributed by atoms with Gasteiger partial charge in [0.05, 0.1) is 0 Å². The van der Waals surface area contributed by atoms with Gasteiger partial charge in [-0.1, -0.05) is 44.2 Å². The van der Waals surface area contributed by atoms with Crippen molar-refractivity contribution in [3.8, 4) is 0 Å². The lowest BCUT2D eigenvalue weighted by Gasteiger charge is -2.25. The third-order valence-electron chi connectivity index (χ3n) is 3.89. The van der Waals surface area contributed by atoms with Gasteiger partial charge < -0.3 is 20.5 Å². The summed E-state index contributed by atoms with van der Waals surface area (Å²) < 4.78 is 5.24.